The van der Waals surface area contributed by atoms with E-state index in [-0.39, 0.29) is 5.91 Å². The molecule has 19 heavy (non-hydrogen) atoms. The zero-order valence-electron chi connectivity index (χ0n) is 11.2. The Bertz CT molecular complexity index is 557. The van der Waals surface area contributed by atoms with Gasteiger partial charge in [0, 0.05) is 25.5 Å². The zero-order valence-corrected chi connectivity index (χ0v) is 11.2. The van der Waals surface area contributed by atoms with Crippen LogP contribution < -0.4 is 0 Å². The summed E-state index contributed by atoms with van der Waals surface area (Å²) >= 11 is 0. The number of aromatic nitrogens is 2. The number of hydrogen-bond acceptors (Lipinski definition) is 2. The monoisotopic (exact) mass is 257 g/mol. The lowest BCUT2D eigenvalue weighted by molar-refractivity contribution is -0.132. The third-order valence-corrected chi connectivity index (χ3v) is 3.76. The van der Waals surface area contributed by atoms with E-state index in [0.717, 1.165) is 30.9 Å². The van der Waals surface area contributed by atoms with Crippen molar-refractivity contribution < 1.29 is 4.79 Å². The van der Waals surface area contributed by atoms with Gasteiger partial charge in [-0.1, -0.05) is 13.0 Å². The molecule has 1 amide bonds. The van der Waals surface area contributed by atoms with E-state index in [0.29, 0.717) is 12.3 Å². The Hall–Kier alpha value is -1.84. The minimum absolute atomic E-state index is 0.204. The fourth-order valence-corrected chi connectivity index (χ4v) is 2.76. The molecule has 4 nitrogen and oxygen atoms in total. The molecule has 3 rings (SSSR count). The number of carbonyl (C=O) groups is 1. The topological polar surface area (TPSA) is 37.6 Å². The lowest BCUT2D eigenvalue weighted by Crippen LogP contribution is -2.39. The molecule has 0 aliphatic carbocycles. The van der Waals surface area contributed by atoms with E-state index in [4.69, 9.17) is 0 Å². The molecule has 0 spiro atoms. The molecular formula is C15H19N3O. The maximum Gasteiger partial charge on any atom is 0.228 e. The number of hydrogen-bond donors (Lipinski definition) is 0. The maximum atomic E-state index is 12.3. The molecule has 1 aliphatic heterocycles. The van der Waals surface area contributed by atoms with Crippen LogP contribution in [0.5, 0.6) is 0 Å². The fraction of sp³-hybridized carbons (Fsp3) is 0.467. The standard InChI is InChI=1S/C15H19N3O/c1-12-5-4-8-18(10-12)15(19)9-13-11-17-7-3-2-6-14(17)16-13/h2-3,6-7,11-12H,4-5,8-10H2,1H3/t12-/m0/s1. The Morgan fingerprint density at radius 1 is 1.47 bits per heavy atom. The smallest absolute Gasteiger partial charge is 0.228 e. The van der Waals surface area contributed by atoms with E-state index in [1.54, 1.807) is 0 Å². The molecule has 3 heterocycles. The number of amides is 1. The second-order valence-electron chi connectivity index (χ2n) is 5.46. The van der Waals surface area contributed by atoms with Crippen molar-refractivity contribution in [2.24, 2.45) is 5.92 Å². The molecule has 0 N–H and O–H groups in total. The average molecular weight is 257 g/mol. The Labute approximate surface area is 113 Å². The maximum absolute atomic E-state index is 12.3. The molecule has 2 aromatic heterocycles. The summed E-state index contributed by atoms with van der Waals surface area (Å²) in [5.74, 6) is 0.828. The third kappa shape index (κ3) is 2.62. The van der Waals surface area contributed by atoms with Crippen molar-refractivity contribution in [2.75, 3.05) is 13.1 Å². The minimum atomic E-state index is 0.204. The van der Waals surface area contributed by atoms with E-state index in [9.17, 15) is 4.79 Å². The summed E-state index contributed by atoms with van der Waals surface area (Å²) in [4.78, 5) is 18.7. The average Bonchev–Trinajstić information content (AvgIpc) is 2.80. The third-order valence-electron chi connectivity index (χ3n) is 3.76. The number of fused-ring (bicyclic) bond motifs is 1. The lowest BCUT2D eigenvalue weighted by atomic mass is 10.00. The first-order valence-corrected chi connectivity index (χ1v) is 6.93. The minimum Gasteiger partial charge on any atom is -0.342 e. The van der Waals surface area contributed by atoms with Gasteiger partial charge in [0.1, 0.15) is 5.65 Å². The van der Waals surface area contributed by atoms with Crippen molar-refractivity contribution in [2.45, 2.75) is 26.2 Å². The largest absolute Gasteiger partial charge is 0.342 e. The number of nitrogens with zero attached hydrogens (tertiary/aromatic N) is 3. The lowest BCUT2D eigenvalue weighted by Gasteiger charge is -2.30. The number of pyridine rings is 1. The van der Waals surface area contributed by atoms with Gasteiger partial charge in [-0.3, -0.25) is 4.79 Å². The van der Waals surface area contributed by atoms with Gasteiger partial charge in [0.15, 0.2) is 0 Å². The highest BCUT2D eigenvalue weighted by molar-refractivity contribution is 5.78. The molecule has 1 fully saturated rings. The van der Waals surface area contributed by atoms with Gasteiger partial charge in [0.2, 0.25) is 5.91 Å². The molecule has 0 aromatic carbocycles. The second-order valence-corrected chi connectivity index (χ2v) is 5.46. The molecule has 4 heteroatoms. The molecule has 1 atom stereocenters. The number of likely N-dealkylation sites (tertiary alicyclic amines) is 1. The van der Waals surface area contributed by atoms with Crippen molar-refractivity contribution in [1.82, 2.24) is 14.3 Å². The summed E-state index contributed by atoms with van der Waals surface area (Å²) < 4.78 is 1.96. The predicted molar refractivity (Wildman–Crippen MR) is 73.9 cm³/mol. The van der Waals surface area contributed by atoms with Gasteiger partial charge in [-0.05, 0) is 30.9 Å². The zero-order chi connectivity index (χ0) is 13.2. The van der Waals surface area contributed by atoms with Gasteiger partial charge >= 0.3 is 0 Å². The Morgan fingerprint density at radius 2 is 2.37 bits per heavy atom. The van der Waals surface area contributed by atoms with Gasteiger partial charge in [0.05, 0.1) is 12.1 Å². The van der Waals surface area contributed by atoms with Crippen LogP contribution >= 0.6 is 0 Å². The van der Waals surface area contributed by atoms with E-state index >= 15 is 0 Å². The summed E-state index contributed by atoms with van der Waals surface area (Å²) in [6.45, 7) is 4.01. The van der Waals surface area contributed by atoms with Gasteiger partial charge in [-0.25, -0.2) is 4.98 Å². The van der Waals surface area contributed by atoms with Crippen LogP contribution in [0, 0.1) is 5.92 Å². The van der Waals surface area contributed by atoms with Crippen molar-refractivity contribution in [1.29, 1.82) is 0 Å². The molecule has 0 saturated carbocycles. The Balaban J connectivity index is 1.71. The SMILES string of the molecule is C[C@H]1CCCN(C(=O)Cc2cn3ccccc3n2)C1. The van der Waals surface area contributed by atoms with E-state index in [1.165, 1.54) is 6.42 Å². The summed E-state index contributed by atoms with van der Waals surface area (Å²) in [6, 6.07) is 5.88. The number of piperidine rings is 1. The summed E-state index contributed by atoms with van der Waals surface area (Å²) in [5.41, 5.74) is 1.76. The van der Waals surface area contributed by atoms with Crippen LogP contribution in [0.15, 0.2) is 30.6 Å². The molecule has 100 valence electrons. The van der Waals surface area contributed by atoms with Gasteiger partial charge in [-0.15, -0.1) is 0 Å². The highest BCUT2D eigenvalue weighted by atomic mass is 16.2. The molecule has 1 saturated heterocycles. The van der Waals surface area contributed by atoms with Crippen molar-refractivity contribution in [3.8, 4) is 0 Å². The van der Waals surface area contributed by atoms with Crippen LogP contribution in [-0.4, -0.2) is 33.3 Å². The fourth-order valence-electron chi connectivity index (χ4n) is 2.76. The van der Waals surface area contributed by atoms with E-state index in [1.807, 2.05) is 39.9 Å². The Kier molecular flexibility index (Phi) is 3.23. The molecular weight excluding hydrogens is 238 g/mol. The molecule has 0 radical (unpaired) electrons. The van der Waals surface area contributed by atoms with Crippen LogP contribution in [0.1, 0.15) is 25.5 Å². The Morgan fingerprint density at radius 3 is 3.16 bits per heavy atom. The summed E-state index contributed by atoms with van der Waals surface area (Å²) in [6.07, 6.45) is 6.67. The van der Waals surface area contributed by atoms with Crippen molar-refractivity contribution in [3.05, 3.63) is 36.3 Å². The van der Waals surface area contributed by atoms with Gasteiger partial charge < -0.3 is 9.30 Å². The van der Waals surface area contributed by atoms with Crippen LogP contribution in [0.4, 0.5) is 0 Å². The normalized spacial score (nSPS) is 19.8. The van der Waals surface area contributed by atoms with Crippen molar-refractivity contribution >= 4 is 11.6 Å². The van der Waals surface area contributed by atoms with Crippen molar-refractivity contribution in [3.63, 3.8) is 0 Å². The van der Waals surface area contributed by atoms with Gasteiger partial charge in [0.25, 0.3) is 0 Å². The van der Waals surface area contributed by atoms with Crippen LogP contribution in [0.2, 0.25) is 0 Å². The molecule has 0 unspecified atom stereocenters. The van der Waals surface area contributed by atoms with E-state index < -0.39 is 0 Å². The quantitative estimate of drug-likeness (QED) is 0.826. The first-order chi connectivity index (χ1) is 9.22. The molecule has 2 aromatic rings. The van der Waals surface area contributed by atoms with E-state index in [2.05, 4.69) is 11.9 Å². The second kappa shape index (κ2) is 5.03. The number of rotatable bonds is 2. The highest BCUT2D eigenvalue weighted by Crippen LogP contribution is 2.16. The van der Waals surface area contributed by atoms with Crippen LogP contribution in [0.25, 0.3) is 5.65 Å². The van der Waals surface area contributed by atoms with Crippen LogP contribution in [0.3, 0.4) is 0 Å². The summed E-state index contributed by atoms with van der Waals surface area (Å²) in [5, 5.41) is 0. The number of imidazole rings is 1. The molecule has 1 aliphatic rings. The summed E-state index contributed by atoms with van der Waals surface area (Å²) in [7, 11) is 0. The highest BCUT2D eigenvalue weighted by Gasteiger charge is 2.21. The first kappa shape index (κ1) is 12.2. The molecule has 0 bridgehead atoms. The number of carbonyl (C=O) groups excluding carboxylic acids is 1. The van der Waals surface area contributed by atoms with Gasteiger partial charge in [-0.2, -0.15) is 0 Å². The van der Waals surface area contributed by atoms with Crippen LogP contribution in [-0.2, 0) is 11.2 Å². The predicted octanol–water partition coefficient (Wildman–Crippen LogP) is 2.14. The first-order valence-electron chi connectivity index (χ1n) is 6.93.